The van der Waals surface area contributed by atoms with E-state index in [1.807, 2.05) is 38.5 Å². The molecule has 0 unspecified atom stereocenters. The Morgan fingerprint density at radius 2 is 1.91 bits per heavy atom. The Kier molecular flexibility index (Phi) is 6.59. The predicted molar refractivity (Wildman–Crippen MR) is 122 cm³/mol. The lowest BCUT2D eigenvalue weighted by Gasteiger charge is -2.19. The first-order valence-corrected chi connectivity index (χ1v) is 10.6. The molecular weight excluding hydrogens is 408 g/mol. The van der Waals surface area contributed by atoms with Crippen molar-refractivity contribution >= 4 is 23.4 Å². The zero-order valence-corrected chi connectivity index (χ0v) is 19.2. The fourth-order valence-corrected chi connectivity index (χ4v) is 3.76. The third-order valence-electron chi connectivity index (χ3n) is 5.39. The normalized spacial score (nSPS) is 15.1. The summed E-state index contributed by atoms with van der Waals surface area (Å²) in [7, 11) is 3.49. The second-order valence-corrected chi connectivity index (χ2v) is 9.01. The van der Waals surface area contributed by atoms with Gasteiger partial charge < -0.3 is 20.5 Å². The zero-order valence-electron chi connectivity index (χ0n) is 19.2. The van der Waals surface area contributed by atoms with Crippen LogP contribution in [-0.2, 0) is 17.9 Å². The number of rotatable bonds is 4. The second kappa shape index (κ2) is 9.04. The molecule has 0 fully saturated rings. The smallest absolute Gasteiger partial charge is 0.297 e. The minimum Gasteiger partial charge on any atom is -0.366 e. The van der Waals surface area contributed by atoms with Crippen LogP contribution >= 0.6 is 0 Å². The highest BCUT2D eigenvalue weighted by Crippen LogP contribution is 2.28. The molecule has 9 heteroatoms. The Bertz CT molecular complexity index is 1090. The number of fused-ring (bicyclic) bond motifs is 1. The van der Waals surface area contributed by atoms with E-state index in [9.17, 15) is 14.4 Å². The Hall–Kier alpha value is -3.33. The van der Waals surface area contributed by atoms with Gasteiger partial charge in [0.05, 0.1) is 5.69 Å². The van der Waals surface area contributed by atoms with E-state index in [0.717, 1.165) is 18.7 Å². The van der Waals surface area contributed by atoms with Gasteiger partial charge in [-0.05, 0) is 32.1 Å². The van der Waals surface area contributed by atoms with Gasteiger partial charge >= 0.3 is 0 Å². The van der Waals surface area contributed by atoms with Crippen molar-refractivity contribution in [3.63, 3.8) is 0 Å². The average Bonchev–Trinajstić information content (AvgIpc) is 2.97. The van der Waals surface area contributed by atoms with Gasteiger partial charge in [-0.25, -0.2) is 9.98 Å². The summed E-state index contributed by atoms with van der Waals surface area (Å²) in [5.74, 6) is -0.915. The van der Waals surface area contributed by atoms with E-state index in [1.54, 1.807) is 18.2 Å². The van der Waals surface area contributed by atoms with Crippen molar-refractivity contribution in [3.8, 4) is 11.4 Å². The highest BCUT2D eigenvalue weighted by atomic mass is 16.2. The summed E-state index contributed by atoms with van der Waals surface area (Å²) in [6, 6.07) is 6.89. The minimum absolute atomic E-state index is 0.144. The lowest BCUT2D eigenvalue weighted by Crippen LogP contribution is -2.37. The number of nitrogens with zero attached hydrogens (tertiary/aromatic N) is 4. The van der Waals surface area contributed by atoms with Crippen LogP contribution in [0.3, 0.4) is 0 Å². The van der Waals surface area contributed by atoms with Gasteiger partial charge in [0.25, 0.3) is 11.8 Å². The van der Waals surface area contributed by atoms with Gasteiger partial charge in [0.1, 0.15) is 11.5 Å². The monoisotopic (exact) mass is 438 g/mol. The van der Waals surface area contributed by atoms with E-state index in [1.165, 1.54) is 7.05 Å². The quantitative estimate of drug-likeness (QED) is 0.706. The number of benzene rings is 1. The average molecular weight is 439 g/mol. The molecule has 32 heavy (non-hydrogen) atoms. The molecule has 3 rings (SSSR count). The van der Waals surface area contributed by atoms with Crippen molar-refractivity contribution in [2.45, 2.75) is 40.3 Å². The van der Waals surface area contributed by atoms with Gasteiger partial charge in [-0.2, -0.15) is 0 Å². The number of aromatic nitrogens is 2. The van der Waals surface area contributed by atoms with E-state index >= 15 is 0 Å². The third kappa shape index (κ3) is 4.77. The molecule has 0 spiro atoms. The van der Waals surface area contributed by atoms with Crippen molar-refractivity contribution in [1.82, 2.24) is 19.8 Å². The summed E-state index contributed by atoms with van der Waals surface area (Å²) in [6.07, 6.45) is 0.880. The number of imidazole rings is 1. The molecule has 170 valence electrons. The number of carbonyl (C=O) groups is 3. The van der Waals surface area contributed by atoms with E-state index < -0.39 is 23.1 Å². The molecule has 3 N–H and O–H groups in total. The zero-order chi connectivity index (χ0) is 23.6. The summed E-state index contributed by atoms with van der Waals surface area (Å²) in [5, 5.41) is 2.56. The maximum absolute atomic E-state index is 13.3. The predicted octanol–water partition coefficient (Wildman–Crippen LogP) is 1.86. The SMILES string of the molecule is CNC(=O)/C(=N/C(=O)c1nc(-c2cccc(C(N)=O)c2)n2c1CN(C)CCC2)C(C)(C)C. The number of primary amides is 1. The van der Waals surface area contributed by atoms with Crippen molar-refractivity contribution in [3.05, 3.63) is 41.2 Å². The maximum Gasteiger partial charge on any atom is 0.297 e. The fraction of sp³-hybridized carbons (Fsp3) is 0.435. The number of amides is 3. The molecule has 0 saturated heterocycles. The number of hydrogen-bond acceptors (Lipinski definition) is 5. The van der Waals surface area contributed by atoms with Gasteiger partial charge in [-0.15, -0.1) is 0 Å². The van der Waals surface area contributed by atoms with Gasteiger partial charge in [0.2, 0.25) is 5.91 Å². The molecule has 2 aromatic rings. The van der Waals surface area contributed by atoms with Crippen LogP contribution in [0.15, 0.2) is 29.3 Å². The number of aliphatic imine (C=N–C) groups is 1. The number of nitrogens with two attached hydrogens (primary N) is 1. The van der Waals surface area contributed by atoms with Crippen molar-refractivity contribution in [1.29, 1.82) is 0 Å². The lowest BCUT2D eigenvalue weighted by molar-refractivity contribution is -0.114. The summed E-state index contributed by atoms with van der Waals surface area (Å²) in [4.78, 5) is 48.3. The second-order valence-electron chi connectivity index (χ2n) is 9.01. The largest absolute Gasteiger partial charge is 0.366 e. The number of nitrogens with one attached hydrogen (secondary N) is 1. The van der Waals surface area contributed by atoms with Gasteiger partial charge in [-0.1, -0.05) is 32.9 Å². The molecule has 2 heterocycles. The Morgan fingerprint density at radius 3 is 2.53 bits per heavy atom. The van der Waals surface area contributed by atoms with Crippen molar-refractivity contribution in [2.75, 3.05) is 20.6 Å². The Morgan fingerprint density at radius 1 is 1.19 bits per heavy atom. The fourth-order valence-electron chi connectivity index (χ4n) is 3.76. The third-order valence-corrected chi connectivity index (χ3v) is 5.39. The van der Waals surface area contributed by atoms with Gasteiger partial charge in [-0.3, -0.25) is 14.4 Å². The molecule has 1 aliphatic rings. The van der Waals surface area contributed by atoms with Gasteiger partial charge in [0.15, 0.2) is 5.69 Å². The van der Waals surface area contributed by atoms with Crippen molar-refractivity contribution in [2.24, 2.45) is 16.1 Å². The summed E-state index contributed by atoms with van der Waals surface area (Å²) >= 11 is 0. The molecule has 0 aliphatic carbocycles. The molecule has 1 aliphatic heterocycles. The molecule has 1 aromatic carbocycles. The first kappa shape index (κ1) is 23.3. The standard InChI is InChI=1S/C23H30N6O3/c1-23(2,3)18(22(32)25-4)27-21(31)17-16-13-28(5)10-7-11-29(16)20(26-17)15-9-6-8-14(12-15)19(24)30/h6,8-9,12H,7,10-11,13H2,1-5H3,(H2,24,30)(H,25,32)/b27-18-. The van der Waals surface area contributed by atoms with Crippen LogP contribution in [0, 0.1) is 5.41 Å². The minimum atomic E-state index is -0.623. The topological polar surface area (TPSA) is 123 Å². The molecule has 0 bridgehead atoms. The number of hydrogen-bond donors (Lipinski definition) is 2. The van der Waals surface area contributed by atoms with Crippen LogP contribution in [0.5, 0.6) is 0 Å². The molecule has 0 atom stereocenters. The van der Waals surface area contributed by atoms with Crippen molar-refractivity contribution < 1.29 is 14.4 Å². The van der Waals surface area contributed by atoms with Crippen LogP contribution in [0.1, 0.15) is 53.7 Å². The van der Waals surface area contributed by atoms with Gasteiger partial charge in [0, 0.05) is 36.7 Å². The van der Waals surface area contributed by atoms with Crippen LogP contribution in [0.4, 0.5) is 0 Å². The molecule has 0 radical (unpaired) electrons. The molecule has 0 saturated carbocycles. The first-order chi connectivity index (χ1) is 15.0. The van der Waals surface area contributed by atoms with Crippen LogP contribution in [0.25, 0.3) is 11.4 Å². The highest BCUT2D eigenvalue weighted by molar-refractivity contribution is 6.42. The summed E-state index contributed by atoms with van der Waals surface area (Å²) in [6.45, 7) is 7.54. The summed E-state index contributed by atoms with van der Waals surface area (Å²) in [5.41, 5.74) is 6.98. The summed E-state index contributed by atoms with van der Waals surface area (Å²) < 4.78 is 2.00. The van der Waals surface area contributed by atoms with E-state index in [4.69, 9.17) is 5.73 Å². The highest BCUT2D eigenvalue weighted by Gasteiger charge is 2.30. The molecule has 3 amide bonds. The Balaban J connectivity index is 2.18. The molecule has 1 aromatic heterocycles. The van der Waals surface area contributed by atoms with E-state index in [0.29, 0.717) is 30.0 Å². The van der Waals surface area contributed by atoms with E-state index in [-0.39, 0.29) is 11.4 Å². The van der Waals surface area contributed by atoms with Crippen LogP contribution < -0.4 is 11.1 Å². The van der Waals surface area contributed by atoms with E-state index in [2.05, 4.69) is 20.2 Å². The maximum atomic E-state index is 13.3. The van der Waals surface area contributed by atoms with Crippen LogP contribution in [0.2, 0.25) is 0 Å². The lowest BCUT2D eigenvalue weighted by atomic mass is 9.89. The number of carbonyl (C=O) groups excluding carboxylic acids is 3. The molecular formula is C23H30N6O3. The Labute approximate surface area is 187 Å². The molecule has 9 nitrogen and oxygen atoms in total. The first-order valence-electron chi connectivity index (χ1n) is 10.6. The van der Waals surface area contributed by atoms with Crippen LogP contribution in [-0.4, -0.2) is 58.5 Å².